The molecule has 5 nitrogen and oxygen atoms in total. The first-order valence-electron chi connectivity index (χ1n) is 5.73. The minimum atomic E-state index is 0.694. The third-order valence-electron chi connectivity index (χ3n) is 2.25. The number of aromatic nitrogens is 2. The van der Waals surface area contributed by atoms with Crippen LogP contribution in [0, 0.1) is 0 Å². The van der Waals surface area contributed by atoms with Crippen molar-refractivity contribution in [1.82, 2.24) is 9.97 Å². The second-order valence-corrected chi connectivity index (χ2v) is 4.30. The number of nitrogens with one attached hydrogen (secondary N) is 1. The van der Waals surface area contributed by atoms with Gasteiger partial charge in [-0.15, -0.1) is 0 Å². The first-order chi connectivity index (χ1) is 8.20. The maximum absolute atomic E-state index is 5.33. The van der Waals surface area contributed by atoms with Gasteiger partial charge in [-0.3, -0.25) is 0 Å². The number of halogens is 1. The van der Waals surface area contributed by atoms with Crippen LogP contribution in [0.4, 0.5) is 11.6 Å². The zero-order chi connectivity index (χ0) is 12.7. The molecule has 0 aliphatic rings. The highest BCUT2D eigenvalue weighted by Crippen LogP contribution is 2.28. The number of hydrogen-bond donors (Lipinski definition) is 1. The van der Waals surface area contributed by atoms with Crippen molar-refractivity contribution in [2.75, 3.05) is 43.6 Å². The quantitative estimate of drug-likeness (QED) is 0.782. The molecule has 0 saturated heterocycles. The summed E-state index contributed by atoms with van der Waals surface area (Å²) >= 11 is 3.52. The van der Waals surface area contributed by atoms with E-state index in [0.29, 0.717) is 6.61 Å². The Labute approximate surface area is 111 Å². The highest BCUT2D eigenvalue weighted by molar-refractivity contribution is 9.10. The minimum Gasteiger partial charge on any atom is -0.380 e. The van der Waals surface area contributed by atoms with Crippen molar-refractivity contribution in [3.63, 3.8) is 0 Å². The van der Waals surface area contributed by atoms with Crippen LogP contribution in [0.15, 0.2) is 10.8 Å². The molecule has 1 aromatic rings. The van der Waals surface area contributed by atoms with Gasteiger partial charge in [-0.2, -0.15) is 0 Å². The average molecular weight is 303 g/mol. The summed E-state index contributed by atoms with van der Waals surface area (Å²) in [4.78, 5) is 10.5. The standard InChI is InChI=1S/C11H19BrN4O/c1-4-13-10-9(12)11(15-8-14-10)16(3)6-7-17-5-2/h8H,4-7H2,1-3H3,(H,13,14,15). The summed E-state index contributed by atoms with van der Waals surface area (Å²) in [6.07, 6.45) is 1.56. The Kier molecular flexibility index (Phi) is 6.21. The van der Waals surface area contributed by atoms with Crippen LogP contribution in [-0.4, -0.2) is 43.3 Å². The van der Waals surface area contributed by atoms with Gasteiger partial charge in [0.05, 0.1) is 6.61 Å². The molecule has 0 aliphatic heterocycles. The molecular formula is C11H19BrN4O. The second-order valence-electron chi connectivity index (χ2n) is 3.51. The fourth-order valence-electron chi connectivity index (χ4n) is 1.37. The number of rotatable bonds is 7. The zero-order valence-electron chi connectivity index (χ0n) is 10.5. The fourth-order valence-corrected chi connectivity index (χ4v) is 2.02. The topological polar surface area (TPSA) is 50.3 Å². The third kappa shape index (κ3) is 4.12. The minimum absolute atomic E-state index is 0.694. The van der Waals surface area contributed by atoms with Crippen molar-refractivity contribution in [1.29, 1.82) is 0 Å². The molecule has 0 bridgehead atoms. The van der Waals surface area contributed by atoms with E-state index in [1.165, 1.54) is 0 Å². The van der Waals surface area contributed by atoms with Crippen molar-refractivity contribution in [3.05, 3.63) is 10.8 Å². The van der Waals surface area contributed by atoms with E-state index in [9.17, 15) is 0 Å². The van der Waals surface area contributed by atoms with Gasteiger partial charge in [-0.05, 0) is 29.8 Å². The van der Waals surface area contributed by atoms with Crippen LogP contribution < -0.4 is 10.2 Å². The predicted molar refractivity (Wildman–Crippen MR) is 73.7 cm³/mol. The van der Waals surface area contributed by atoms with E-state index in [2.05, 4.69) is 31.2 Å². The van der Waals surface area contributed by atoms with Gasteiger partial charge in [0, 0.05) is 26.7 Å². The summed E-state index contributed by atoms with van der Waals surface area (Å²) in [6.45, 7) is 7.09. The summed E-state index contributed by atoms with van der Waals surface area (Å²) in [6, 6.07) is 0. The zero-order valence-corrected chi connectivity index (χ0v) is 12.1. The van der Waals surface area contributed by atoms with Gasteiger partial charge in [0.25, 0.3) is 0 Å². The van der Waals surface area contributed by atoms with Gasteiger partial charge in [-0.1, -0.05) is 0 Å². The van der Waals surface area contributed by atoms with E-state index >= 15 is 0 Å². The molecule has 0 aliphatic carbocycles. The number of hydrogen-bond acceptors (Lipinski definition) is 5. The molecule has 1 heterocycles. The lowest BCUT2D eigenvalue weighted by Gasteiger charge is -2.20. The lowest BCUT2D eigenvalue weighted by molar-refractivity contribution is 0.154. The molecule has 0 saturated carbocycles. The third-order valence-corrected chi connectivity index (χ3v) is 2.98. The fraction of sp³-hybridized carbons (Fsp3) is 0.636. The smallest absolute Gasteiger partial charge is 0.148 e. The summed E-state index contributed by atoms with van der Waals surface area (Å²) < 4.78 is 6.22. The van der Waals surface area contributed by atoms with Crippen molar-refractivity contribution >= 4 is 27.6 Å². The van der Waals surface area contributed by atoms with Crippen molar-refractivity contribution in [2.24, 2.45) is 0 Å². The predicted octanol–water partition coefficient (Wildman–Crippen LogP) is 2.14. The molecule has 0 aromatic carbocycles. The van der Waals surface area contributed by atoms with E-state index in [1.54, 1.807) is 6.33 Å². The largest absolute Gasteiger partial charge is 0.380 e. The van der Waals surface area contributed by atoms with Crippen LogP contribution in [-0.2, 0) is 4.74 Å². The Morgan fingerprint density at radius 2 is 2.18 bits per heavy atom. The molecule has 0 spiro atoms. The summed E-state index contributed by atoms with van der Waals surface area (Å²) in [5.74, 6) is 1.69. The second kappa shape index (κ2) is 7.45. The number of anilines is 2. The lowest BCUT2D eigenvalue weighted by Crippen LogP contribution is -2.24. The maximum atomic E-state index is 5.33. The van der Waals surface area contributed by atoms with Gasteiger partial charge >= 0.3 is 0 Å². The maximum Gasteiger partial charge on any atom is 0.148 e. The Morgan fingerprint density at radius 1 is 1.41 bits per heavy atom. The normalized spacial score (nSPS) is 10.4. The Hall–Kier alpha value is -0.880. The van der Waals surface area contributed by atoms with Crippen molar-refractivity contribution < 1.29 is 4.74 Å². The van der Waals surface area contributed by atoms with Crippen LogP contribution >= 0.6 is 15.9 Å². The van der Waals surface area contributed by atoms with Gasteiger partial charge in [0.15, 0.2) is 0 Å². The van der Waals surface area contributed by atoms with Crippen LogP contribution in [0.25, 0.3) is 0 Å². The molecule has 1 aromatic heterocycles. The SMILES string of the molecule is CCNc1ncnc(N(C)CCOCC)c1Br. The first kappa shape index (κ1) is 14.2. The van der Waals surface area contributed by atoms with E-state index < -0.39 is 0 Å². The molecule has 0 fully saturated rings. The molecule has 6 heteroatoms. The number of ether oxygens (including phenoxy) is 1. The van der Waals surface area contributed by atoms with E-state index in [-0.39, 0.29) is 0 Å². The number of nitrogens with zero attached hydrogens (tertiary/aromatic N) is 3. The molecule has 17 heavy (non-hydrogen) atoms. The highest BCUT2D eigenvalue weighted by atomic mass is 79.9. The summed E-state index contributed by atoms with van der Waals surface area (Å²) in [5, 5.41) is 3.18. The molecule has 1 N–H and O–H groups in total. The monoisotopic (exact) mass is 302 g/mol. The van der Waals surface area contributed by atoms with Gasteiger partial charge in [-0.25, -0.2) is 9.97 Å². The number of likely N-dealkylation sites (N-methyl/N-ethyl adjacent to an activating group) is 1. The molecule has 0 radical (unpaired) electrons. The van der Waals surface area contributed by atoms with Gasteiger partial charge in [0.2, 0.25) is 0 Å². The summed E-state index contributed by atoms with van der Waals surface area (Å²) in [5.41, 5.74) is 0. The first-order valence-corrected chi connectivity index (χ1v) is 6.53. The van der Waals surface area contributed by atoms with Gasteiger partial charge < -0.3 is 15.0 Å². The molecule has 0 amide bonds. The highest BCUT2D eigenvalue weighted by Gasteiger charge is 2.11. The van der Waals surface area contributed by atoms with Crippen LogP contribution in [0.3, 0.4) is 0 Å². The molecule has 96 valence electrons. The van der Waals surface area contributed by atoms with Gasteiger partial charge in [0.1, 0.15) is 22.4 Å². The molecule has 0 unspecified atom stereocenters. The van der Waals surface area contributed by atoms with E-state index in [0.717, 1.165) is 35.8 Å². The molecular weight excluding hydrogens is 284 g/mol. The summed E-state index contributed by atoms with van der Waals surface area (Å²) in [7, 11) is 1.99. The van der Waals surface area contributed by atoms with Crippen LogP contribution in [0.2, 0.25) is 0 Å². The van der Waals surface area contributed by atoms with Crippen molar-refractivity contribution in [3.8, 4) is 0 Å². The Balaban J connectivity index is 2.72. The Morgan fingerprint density at radius 3 is 2.82 bits per heavy atom. The Bertz CT molecular complexity index is 348. The average Bonchev–Trinajstić information content (AvgIpc) is 2.32. The van der Waals surface area contributed by atoms with E-state index in [4.69, 9.17) is 4.74 Å². The molecule has 0 atom stereocenters. The van der Waals surface area contributed by atoms with Crippen LogP contribution in [0.5, 0.6) is 0 Å². The van der Waals surface area contributed by atoms with Crippen LogP contribution in [0.1, 0.15) is 13.8 Å². The van der Waals surface area contributed by atoms with E-state index in [1.807, 2.05) is 25.8 Å². The molecule has 1 rings (SSSR count). The van der Waals surface area contributed by atoms with Crippen molar-refractivity contribution in [2.45, 2.75) is 13.8 Å². The lowest BCUT2D eigenvalue weighted by atomic mass is 10.4.